The Hall–Kier alpha value is -2.86. The van der Waals surface area contributed by atoms with E-state index in [9.17, 15) is 4.79 Å². The largest absolute Gasteiger partial charge is 0.454 e. The fourth-order valence-electron chi connectivity index (χ4n) is 3.03. The van der Waals surface area contributed by atoms with E-state index in [2.05, 4.69) is 71.9 Å². The van der Waals surface area contributed by atoms with Crippen molar-refractivity contribution in [2.45, 2.75) is 79.8 Å². The molecule has 0 aliphatic rings. The summed E-state index contributed by atoms with van der Waals surface area (Å²) >= 11 is 0. The van der Waals surface area contributed by atoms with Crippen molar-refractivity contribution < 1.29 is 9.53 Å². The number of allylic oxidation sites excluding steroid dienone is 6. The van der Waals surface area contributed by atoms with Crippen LogP contribution in [-0.2, 0) is 4.74 Å². The van der Waals surface area contributed by atoms with Gasteiger partial charge in [-0.3, -0.25) is 0 Å². The molecule has 0 aliphatic carbocycles. The second-order valence-corrected chi connectivity index (χ2v) is 8.57. The van der Waals surface area contributed by atoms with Gasteiger partial charge in [0.15, 0.2) is 0 Å². The second kappa shape index (κ2) is 14.2. The minimum atomic E-state index is -0.363. The van der Waals surface area contributed by atoms with Gasteiger partial charge >= 0.3 is 5.97 Å². The molecule has 0 amide bonds. The van der Waals surface area contributed by atoms with E-state index < -0.39 is 0 Å². The van der Waals surface area contributed by atoms with Gasteiger partial charge in [0.25, 0.3) is 0 Å². The van der Waals surface area contributed by atoms with Crippen molar-refractivity contribution in [1.82, 2.24) is 0 Å². The molecular weight excluding hydrogens is 382 g/mol. The Morgan fingerprint density at radius 1 is 0.903 bits per heavy atom. The zero-order valence-electron chi connectivity index (χ0n) is 20.0. The van der Waals surface area contributed by atoms with Crippen molar-refractivity contribution in [3.05, 3.63) is 82.0 Å². The number of ether oxygens (including phenoxy) is 1. The smallest absolute Gasteiger partial charge is 0.338 e. The van der Waals surface area contributed by atoms with Gasteiger partial charge in [-0.25, -0.2) is 4.79 Å². The summed E-state index contributed by atoms with van der Waals surface area (Å²) in [6.45, 7) is 12.6. The van der Waals surface area contributed by atoms with Crippen molar-refractivity contribution in [3.63, 3.8) is 0 Å². The zero-order chi connectivity index (χ0) is 23.2. The first-order valence-corrected chi connectivity index (χ1v) is 11.0. The number of benzene rings is 1. The molecule has 31 heavy (non-hydrogen) atoms. The van der Waals surface area contributed by atoms with E-state index in [0.717, 1.165) is 25.7 Å². The summed E-state index contributed by atoms with van der Waals surface area (Å²) < 4.78 is 5.83. The number of carbonyl (C=O) groups is 1. The zero-order valence-corrected chi connectivity index (χ0v) is 20.0. The first kappa shape index (κ1) is 26.2. The van der Waals surface area contributed by atoms with Crippen LogP contribution in [0.5, 0.6) is 0 Å². The van der Waals surface area contributed by atoms with Crippen molar-refractivity contribution >= 4 is 5.97 Å². The molecule has 0 saturated carbocycles. The molecule has 1 aromatic rings. The fraction of sp³-hybridized carbons (Fsp3) is 0.429. The SMILES string of the molecule is CC(C)=CCC/C(C)=C/CC(/C=C(\C)CCC=C(C)C)OC(=O)c1ccc(C#N)cc1. The summed E-state index contributed by atoms with van der Waals surface area (Å²) in [5.41, 5.74) is 6.14. The standard InChI is InChI=1S/C28H37NO2/c1-21(2)9-7-11-23(5)13-18-27(19-24(6)12-8-10-22(3)4)31-28(30)26-16-14-25(20-29)15-17-26/h9-10,13-17,19,27H,7-8,11-12,18H2,1-6H3/b23-13+,24-19+. The van der Waals surface area contributed by atoms with Gasteiger partial charge in [0.05, 0.1) is 17.2 Å². The van der Waals surface area contributed by atoms with Crippen LogP contribution in [0.2, 0.25) is 0 Å². The summed E-state index contributed by atoms with van der Waals surface area (Å²) in [7, 11) is 0. The van der Waals surface area contributed by atoms with Crippen LogP contribution >= 0.6 is 0 Å². The van der Waals surface area contributed by atoms with E-state index in [0.29, 0.717) is 17.5 Å². The molecule has 0 heterocycles. The molecule has 1 aromatic carbocycles. The molecule has 166 valence electrons. The molecular formula is C28H37NO2. The fourth-order valence-corrected chi connectivity index (χ4v) is 3.03. The Morgan fingerprint density at radius 3 is 1.97 bits per heavy atom. The molecule has 0 bridgehead atoms. The Morgan fingerprint density at radius 2 is 1.45 bits per heavy atom. The van der Waals surface area contributed by atoms with Crippen LogP contribution in [0.25, 0.3) is 0 Å². The lowest BCUT2D eigenvalue weighted by atomic mass is 10.0. The van der Waals surface area contributed by atoms with Crippen molar-refractivity contribution in [2.75, 3.05) is 0 Å². The maximum absolute atomic E-state index is 12.7. The molecule has 0 spiro atoms. The van der Waals surface area contributed by atoms with Crippen LogP contribution in [-0.4, -0.2) is 12.1 Å². The van der Waals surface area contributed by atoms with Crippen LogP contribution in [0.1, 0.15) is 89.6 Å². The van der Waals surface area contributed by atoms with Crippen LogP contribution in [0, 0.1) is 11.3 Å². The number of hydrogen-bond donors (Lipinski definition) is 0. The lowest BCUT2D eigenvalue weighted by Gasteiger charge is -2.15. The molecule has 1 atom stereocenters. The first-order chi connectivity index (χ1) is 14.7. The normalized spacial score (nSPS) is 12.5. The van der Waals surface area contributed by atoms with E-state index in [4.69, 9.17) is 10.00 Å². The highest BCUT2D eigenvalue weighted by Gasteiger charge is 2.14. The number of hydrogen-bond acceptors (Lipinski definition) is 3. The monoisotopic (exact) mass is 419 g/mol. The van der Waals surface area contributed by atoms with Crippen molar-refractivity contribution in [3.8, 4) is 6.07 Å². The topological polar surface area (TPSA) is 50.1 Å². The Balaban J connectivity index is 2.89. The highest BCUT2D eigenvalue weighted by atomic mass is 16.5. The van der Waals surface area contributed by atoms with Crippen molar-refractivity contribution in [2.24, 2.45) is 0 Å². The third kappa shape index (κ3) is 11.8. The molecule has 1 unspecified atom stereocenters. The average Bonchev–Trinajstić information content (AvgIpc) is 2.71. The van der Waals surface area contributed by atoms with Crippen LogP contribution in [0.4, 0.5) is 0 Å². The van der Waals surface area contributed by atoms with E-state index >= 15 is 0 Å². The lowest BCUT2D eigenvalue weighted by molar-refractivity contribution is 0.0398. The molecule has 1 rings (SSSR count). The van der Waals surface area contributed by atoms with Crippen LogP contribution in [0.15, 0.2) is 70.9 Å². The average molecular weight is 420 g/mol. The minimum Gasteiger partial charge on any atom is -0.454 e. The second-order valence-electron chi connectivity index (χ2n) is 8.57. The molecule has 3 heteroatoms. The molecule has 0 saturated heterocycles. The van der Waals surface area contributed by atoms with Gasteiger partial charge in [0, 0.05) is 6.42 Å². The predicted octanol–water partition coefficient (Wildman–Crippen LogP) is 7.86. The Bertz CT molecular complexity index is 869. The summed E-state index contributed by atoms with van der Waals surface area (Å²) in [5, 5.41) is 8.94. The highest BCUT2D eigenvalue weighted by molar-refractivity contribution is 5.89. The lowest BCUT2D eigenvalue weighted by Crippen LogP contribution is -2.16. The summed E-state index contributed by atoms with van der Waals surface area (Å²) in [6.07, 6.45) is 13.0. The van der Waals surface area contributed by atoms with Gasteiger partial charge in [0.2, 0.25) is 0 Å². The molecule has 0 radical (unpaired) electrons. The minimum absolute atomic E-state index is 0.312. The van der Waals surface area contributed by atoms with Crippen LogP contribution < -0.4 is 0 Å². The van der Waals surface area contributed by atoms with Gasteiger partial charge in [-0.1, -0.05) is 40.5 Å². The Labute approximate surface area is 188 Å². The summed E-state index contributed by atoms with van der Waals surface area (Å²) in [4.78, 5) is 12.7. The summed E-state index contributed by atoms with van der Waals surface area (Å²) in [6, 6.07) is 8.63. The molecule has 0 N–H and O–H groups in total. The van der Waals surface area contributed by atoms with Gasteiger partial charge in [-0.2, -0.15) is 5.26 Å². The first-order valence-electron chi connectivity index (χ1n) is 11.0. The third-order valence-corrected chi connectivity index (χ3v) is 4.86. The molecule has 3 nitrogen and oxygen atoms in total. The van der Waals surface area contributed by atoms with Gasteiger partial charge in [-0.05, 0) is 97.6 Å². The number of esters is 1. The van der Waals surface area contributed by atoms with Gasteiger partial charge < -0.3 is 4.74 Å². The molecule has 0 aliphatic heterocycles. The van der Waals surface area contributed by atoms with Gasteiger partial charge in [-0.15, -0.1) is 0 Å². The number of nitriles is 1. The number of nitrogens with zero attached hydrogens (tertiary/aromatic N) is 1. The maximum atomic E-state index is 12.7. The van der Waals surface area contributed by atoms with E-state index in [-0.39, 0.29) is 12.1 Å². The molecule has 0 aromatic heterocycles. The quantitative estimate of drug-likeness (QED) is 0.271. The Kier molecular flexibility index (Phi) is 12.0. The van der Waals surface area contributed by atoms with E-state index in [1.54, 1.807) is 24.3 Å². The van der Waals surface area contributed by atoms with Crippen LogP contribution in [0.3, 0.4) is 0 Å². The maximum Gasteiger partial charge on any atom is 0.338 e. The summed E-state index contributed by atoms with van der Waals surface area (Å²) in [5.74, 6) is -0.363. The number of rotatable bonds is 11. The van der Waals surface area contributed by atoms with E-state index in [1.165, 1.54) is 22.3 Å². The highest BCUT2D eigenvalue weighted by Crippen LogP contribution is 2.16. The molecule has 0 fully saturated rings. The van der Waals surface area contributed by atoms with Crippen molar-refractivity contribution in [1.29, 1.82) is 5.26 Å². The predicted molar refractivity (Wildman–Crippen MR) is 130 cm³/mol. The van der Waals surface area contributed by atoms with Gasteiger partial charge in [0.1, 0.15) is 6.10 Å². The third-order valence-electron chi connectivity index (χ3n) is 4.86. The number of carbonyl (C=O) groups excluding carboxylic acids is 1. The van der Waals surface area contributed by atoms with E-state index in [1.807, 2.05) is 0 Å².